The van der Waals surface area contributed by atoms with Gasteiger partial charge in [-0.15, -0.1) is 0 Å². The Labute approximate surface area is 135 Å². The molecule has 0 aliphatic rings. The minimum atomic E-state index is -0.859. The molecule has 3 aromatic carbocycles. The minimum absolute atomic E-state index is 0.348. The van der Waals surface area contributed by atoms with Crippen molar-refractivity contribution >= 4 is 38.3 Å². The second-order valence-electron chi connectivity index (χ2n) is 4.75. The van der Waals surface area contributed by atoms with Gasteiger partial charge in [0.15, 0.2) is 0 Å². The van der Waals surface area contributed by atoms with E-state index in [1.807, 2.05) is 24.3 Å². The number of aliphatic hydroxyl groups is 1. The van der Waals surface area contributed by atoms with E-state index in [1.54, 1.807) is 18.2 Å². The quantitative estimate of drug-likeness (QED) is 0.638. The highest BCUT2D eigenvalue weighted by atomic mass is 79.9. The van der Waals surface area contributed by atoms with Crippen molar-refractivity contribution in [3.63, 3.8) is 0 Å². The third-order valence-electron chi connectivity index (χ3n) is 3.46. The van der Waals surface area contributed by atoms with Crippen molar-refractivity contribution < 1.29 is 9.50 Å². The van der Waals surface area contributed by atoms with Gasteiger partial charge in [0, 0.05) is 14.9 Å². The van der Waals surface area contributed by atoms with Crippen LogP contribution in [0.4, 0.5) is 4.39 Å². The van der Waals surface area contributed by atoms with Crippen molar-refractivity contribution in [2.24, 2.45) is 0 Å². The van der Waals surface area contributed by atoms with E-state index in [0.29, 0.717) is 15.1 Å². The zero-order valence-corrected chi connectivity index (χ0v) is 13.2. The first-order valence-corrected chi connectivity index (χ1v) is 7.55. The van der Waals surface area contributed by atoms with E-state index >= 15 is 0 Å². The normalized spacial score (nSPS) is 12.6. The topological polar surface area (TPSA) is 20.2 Å². The second kappa shape index (κ2) is 5.76. The highest BCUT2D eigenvalue weighted by molar-refractivity contribution is 9.10. The summed E-state index contributed by atoms with van der Waals surface area (Å²) in [5.41, 5.74) is 1.35. The van der Waals surface area contributed by atoms with Gasteiger partial charge in [-0.3, -0.25) is 0 Å². The molecule has 0 aromatic heterocycles. The maximum Gasteiger partial charge on any atom is 0.124 e. The molecule has 0 aliphatic heterocycles. The molecular weight excluding hydrogens is 355 g/mol. The van der Waals surface area contributed by atoms with Crippen LogP contribution in [0.3, 0.4) is 0 Å². The summed E-state index contributed by atoms with van der Waals surface area (Å²) < 4.78 is 13.7. The van der Waals surface area contributed by atoms with Crippen LogP contribution in [0, 0.1) is 5.82 Å². The summed E-state index contributed by atoms with van der Waals surface area (Å²) in [5.74, 6) is -0.348. The first kappa shape index (κ1) is 14.5. The van der Waals surface area contributed by atoms with Crippen LogP contribution in [0.25, 0.3) is 10.8 Å². The molecule has 0 aliphatic carbocycles. The van der Waals surface area contributed by atoms with Crippen LogP contribution in [0.1, 0.15) is 17.2 Å². The molecule has 0 saturated carbocycles. The van der Waals surface area contributed by atoms with Gasteiger partial charge in [0.2, 0.25) is 0 Å². The number of hydrogen-bond donors (Lipinski definition) is 1. The van der Waals surface area contributed by atoms with Crippen LogP contribution in [0.5, 0.6) is 0 Å². The van der Waals surface area contributed by atoms with Crippen LogP contribution in [0.2, 0.25) is 5.02 Å². The van der Waals surface area contributed by atoms with Gasteiger partial charge in [-0.2, -0.15) is 0 Å². The van der Waals surface area contributed by atoms with Crippen molar-refractivity contribution in [2.45, 2.75) is 6.10 Å². The fourth-order valence-electron chi connectivity index (χ4n) is 2.41. The Morgan fingerprint density at radius 3 is 2.33 bits per heavy atom. The molecular formula is C17H11BrClFO. The van der Waals surface area contributed by atoms with E-state index in [2.05, 4.69) is 15.9 Å². The summed E-state index contributed by atoms with van der Waals surface area (Å²) in [4.78, 5) is 0. The molecule has 0 bridgehead atoms. The highest BCUT2D eigenvalue weighted by Crippen LogP contribution is 2.35. The van der Waals surface area contributed by atoms with Crippen LogP contribution >= 0.6 is 27.5 Å². The predicted octanol–water partition coefficient (Wildman–Crippen LogP) is 5.48. The monoisotopic (exact) mass is 364 g/mol. The Hall–Kier alpha value is -1.42. The zero-order valence-electron chi connectivity index (χ0n) is 10.9. The standard InChI is InChI=1S/C17H11BrClFO/c18-15-9-10(20)5-6-14(15)17(21)13-7-8-16(19)12-4-2-1-3-11(12)13/h1-9,17,21H. The lowest BCUT2D eigenvalue weighted by molar-refractivity contribution is 0.221. The summed E-state index contributed by atoms with van der Waals surface area (Å²) in [6.45, 7) is 0. The lowest BCUT2D eigenvalue weighted by Gasteiger charge is -2.16. The third kappa shape index (κ3) is 2.69. The van der Waals surface area contributed by atoms with E-state index in [-0.39, 0.29) is 5.82 Å². The average molecular weight is 366 g/mol. The van der Waals surface area contributed by atoms with Crippen LogP contribution in [-0.2, 0) is 0 Å². The van der Waals surface area contributed by atoms with Gasteiger partial charge in [-0.1, -0.05) is 63.9 Å². The molecule has 0 radical (unpaired) electrons. The summed E-state index contributed by atoms with van der Waals surface area (Å²) in [6, 6.07) is 15.4. The molecule has 4 heteroatoms. The van der Waals surface area contributed by atoms with Crippen molar-refractivity contribution in [3.05, 3.63) is 81.0 Å². The lowest BCUT2D eigenvalue weighted by atomic mass is 9.96. The number of rotatable bonds is 2. The number of aliphatic hydroxyl groups excluding tert-OH is 1. The molecule has 3 rings (SSSR count). The van der Waals surface area contributed by atoms with Crippen molar-refractivity contribution in [1.29, 1.82) is 0 Å². The Morgan fingerprint density at radius 2 is 1.62 bits per heavy atom. The van der Waals surface area contributed by atoms with E-state index in [9.17, 15) is 9.50 Å². The average Bonchev–Trinajstić information content (AvgIpc) is 2.47. The molecule has 1 nitrogen and oxygen atoms in total. The number of benzene rings is 3. The Bertz CT molecular complexity index is 819. The number of hydrogen-bond acceptors (Lipinski definition) is 1. The second-order valence-corrected chi connectivity index (χ2v) is 6.01. The SMILES string of the molecule is OC(c1ccc(F)cc1Br)c1ccc(Cl)c2ccccc12. The maximum absolute atomic E-state index is 13.2. The zero-order chi connectivity index (χ0) is 15.0. The highest BCUT2D eigenvalue weighted by Gasteiger charge is 2.17. The number of halogens is 3. The largest absolute Gasteiger partial charge is 0.384 e. The minimum Gasteiger partial charge on any atom is -0.384 e. The summed E-state index contributed by atoms with van der Waals surface area (Å²) >= 11 is 9.49. The Balaban J connectivity index is 2.18. The Kier molecular flexibility index (Phi) is 3.98. The molecule has 1 atom stereocenters. The van der Waals surface area contributed by atoms with Gasteiger partial charge >= 0.3 is 0 Å². The first-order valence-electron chi connectivity index (χ1n) is 6.38. The lowest BCUT2D eigenvalue weighted by Crippen LogP contribution is -2.02. The molecule has 1 N–H and O–H groups in total. The van der Waals surface area contributed by atoms with E-state index in [0.717, 1.165) is 16.3 Å². The van der Waals surface area contributed by atoms with E-state index in [1.165, 1.54) is 12.1 Å². The molecule has 21 heavy (non-hydrogen) atoms. The molecule has 0 fully saturated rings. The fourth-order valence-corrected chi connectivity index (χ4v) is 3.21. The molecule has 106 valence electrons. The molecule has 3 aromatic rings. The number of fused-ring (bicyclic) bond motifs is 1. The summed E-state index contributed by atoms with van der Waals surface area (Å²) in [7, 11) is 0. The summed E-state index contributed by atoms with van der Waals surface area (Å²) in [5, 5.41) is 13.1. The van der Waals surface area contributed by atoms with Crippen molar-refractivity contribution in [2.75, 3.05) is 0 Å². The first-order chi connectivity index (χ1) is 10.1. The van der Waals surface area contributed by atoms with Gasteiger partial charge in [0.25, 0.3) is 0 Å². The van der Waals surface area contributed by atoms with Gasteiger partial charge in [-0.05, 0) is 34.7 Å². The van der Waals surface area contributed by atoms with E-state index < -0.39 is 6.10 Å². The van der Waals surface area contributed by atoms with Crippen LogP contribution < -0.4 is 0 Å². The third-order valence-corrected chi connectivity index (χ3v) is 4.47. The maximum atomic E-state index is 13.2. The Morgan fingerprint density at radius 1 is 0.952 bits per heavy atom. The molecule has 0 heterocycles. The van der Waals surface area contributed by atoms with Crippen molar-refractivity contribution in [1.82, 2.24) is 0 Å². The smallest absolute Gasteiger partial charge is 0.124 e. The van der Waals surface area contributed by atoms with Gasteiger partial charge < -0.3 is 5.11 Å². The molecule has 0 amide bonds. The predicted molar refractivity (Wildman–Crippen MR) is 87.1 cm³/mol. The van der Waals surface area contributed by atoms with Crippen molar-refractivity contribution in [3.8, 4) is 0 Å². The fraction of sp³-hybridized carbons (Fsp3) is 0.0588. The van der Waals surface area contributed by atoms with E-state index in [4.69, 9.17) is 11.6 Å². The van der Waals surface area contributed by atoms with Crippen LogP contribution in [0.15, 0.2) is 59.1 Å². The molecule has 0 spiro atoms. The van der Waals surface area contributed by atoms with Gasteiger partial charge in [0.1, 0.15) is 11.9 Å². The van der Waals surface area contributed by atoms with Crippen LogP contribution in [-0.4, -0.2) is 5.11 Å². The van der Waals surface area contributed by atoms with Gasteiger partial charge in [0.05, 0.1) is 0 Å². The molecule has 1 unspecified atom stereocenters. The summed E-state index contributed by atoms with van der Waals surface area (Å²) in [6.07, 6.45) is -0.859. The van der Waals surface area contributed by atoms with Gasteiger partial charge in [-0.25, -0.2) is 4.39 Å². The molecule has 0 saturated heterocycles.